The molecule has 0 saturated carbocycles. The molecule has 0 saturated heterocycles. The molecular formula is C56H34N2. The Morgan fingerprint density at radius 2 is 1.03 bits per heavy atom. The molecule has 0 bridgehead atoms. The molecule has 13 rings (SSSR count). The molecule has 0 spiro atoms. The maximum atomic E-state index is 4.95. The maximum Gasteiger partial charge on any atom is 0.0787 e. The largest absolute Gasteiger partial charge is 0.264 e. The summed E-state index contributed by atoms with van der Waals surface area (Å²) in [4.78, 5) is 9.67. The molecule has 0 aliphatic heterocycles. The van der Waals surface area contributed by atoms with Gasteiger partial charge in [-0.15, -0.1) is 0 Å². The van der Waals surface area contributed by atoms with Crippen LogP contribution in [0.5, 0.6) is 0 Å². The number of hydrogen-bond acceptors (Lipinski definition) is 2. The number of aromatic nitrogens is 2. The molecule has 2 aliphatic carbocycles. The van der Waals surface area contributed by atoms with Crippen LogP contribution < -0.4 is 0 Å². The lowest BCUT2D eigenvalue weighted by Gasteiger charge is -2.20. The van der Waals surface area contributed by atoms with Gasteiger partial charge in [0, 0.05) is 35.1 Å². The van der Waals surface area contributed by atoms with Crippen LogP contribution in [0.3, 0.4) is 0 Å². The van der Waals surface area contributed by atoms with Gasteiger partial charge in [-0.1, -0.05) is 133 Å². The van der Waals surface area contributed by atoms with Crippen LogP contribution in [0.15, 0.2) is 170 Å². The first kappa shape index (κ1) is 31.7. The quantitative estimate of drug-likeness (QED) is 0.169. The first-order valence-corrected chi connectivity index (χ1v) is 20.1. The van der Waals surface area contributed by atoms with Gasteiger partial charge in [0.15, 0.2) is 0 Å². The van der Waals surface area contributed by atoms with Crippen molar-refractivity contribution >= 4 is 53.9 Å². The molecule has 2 aliphatic rings. The number of aryl methyl sites for hydroxylation is 2. The summed E-state index contributed by atoms with van der Waals surface area (Å²) in [7, 11) is 0. The summed E-state index contributed by atoms with van der Waals surface area (Å²) >= 11 is 0. The maximum absolute atomic E-state index is 4.95. The normalized spacial score (nSPS) is 12.3. The monoisotopic (exact) mass is 734 g/mol. The molecule has 0 N–H and O–H groups in total. The molecular weight excluding hydrogens is 701 g/mol. The summed E-state index contributed by atoms with van der Waals surface area (Å²) < 4.78 is 0. The molecule has 2 heteroatoms. The van der Waals surface area contributed by atoms with Crippen molar-refractivity contribution in [3.05, 3.63) is 181 Å². The van der Waals surface area contributed by atoms with Crippen molar-refractivity contribution < 1.29 is 0 Å². The molecule has 268 valence electrons. The van der Waals surface area contributed by atoms with Gasteiger partial charge in [0.2, 0.25) is 0 Å². The van der Waals surface area contributed by atoms with E-state index in [2.05, 4.69) is 172 Å². The lowest BCUT2D eigenvalue weighted by molar-refractivity contribution is 1.34. The fourth-order valence-corrected chi connectivity index (χ4v) is 10.7. The van der Waals surface area contributed by atoms with Crippen LogP contribution in [0.1, 0.15) is 11.1 Å². The lowest BCUT2D eigenvalue weighted by atomic mass is 9.83. The van der Waals surface area contributed by atoms with Crippen molar-refractivity contribution in [2.45, 2.75) is 13.8 Å². The van der Waals surface area contributed by atoms with E-state index in [1.54, 1.807) is 0 Å². The second-order valence-corrected chi connectivity index (χ2v) is 16.1. The van der Waals surface area contributed by atoms with Gasteiger partial charge < -0.3 is 0 Å². The van der Waals surface area contributed by atoms with E-state index in [0.29, 0.717) is 0 Å². The molecule has 0 amide bonds. The SMILES string of the molecule is Cc1ccc2c(c1)c(-c1ccc3c4c(cccc14)-c1c-3c(-c3ccccc3)c3ccncc3c1-c1ccccc1)cc1c3ccc(C)c4c3c(cc21)-c1ncccc1-4. The van der Waals surface area contributed by atoms with Crippen LogP contribution in [-0.4, -0.2) is 9.97 Å². The van der Waals surface area contributed by atoms with Crippen molar-refractivity contribution in [2.24, 2.45) is 0 Å². The third-order valence-electron chi connectivity index (χ3n) is 13.0. The van der Waals surface area contributed by atoms with Gasteiger partial charge in [-0.3, -0.25) is 9.97 Å². The minimum absolute atomic E-state index is 1.09. The number of nitrogens with zero attached hydrogens (tertiary/aromatic N) is 2. The zero-order chi connectivity index (χ0) is 38.2. The van der Waals surface area contributed by atoms with E-state index in [4.69, 9.17) is 9.97 Å². The molecule has 11 aromatic rings. The molecule has 0 unspecified atom stereocenters. The first-order chi connectivity index (χ1) is 28.6. The standard InChI is InChI=1S/C56H34N2/c1-31-18-20-36-43(27-31)44(28-46-38-21-19-32(2)49-42-17-10-25-58-56(42)47(53(38)49)29-45(36)46)35-22-23-41-52-37(35)15-9-16-40(52)54-51(34-13-7-4-8-14-34)48-30-57-26-24-39(48)50(55(41)54)33-11-5-3-6-12-33/h3-30H,1-2H3. The number of fused-ring (bicyclic) bond motifs is 11. The van der Waals surface area contributed by atoms with E-state index in [1.807, 2.05) is 12.4 Å². The second-order valence-electron chi connectivity index (χ2n) is 16.1. The zero-order valence-corrected chi connectivity index (χ0v) is 32.1. The van der Waals surface area contributed by atoms with Crippen LogP contribution in [-0.2, 0) is 0 Å². The minimum atomic E-state index is 1.09. The Hall–Kier alpha value is -7.42. The van der Waals surface area contributed by atoms with Crippen LogP contribution in [0.4, 0.5) is 0 Å². The van der Waals surface area contributed by atoms with E-state index >= 15 is 0 Å². The Balaban J connectivity index is 1.16. The average Bonchev–Trinajstić information content (AvgIpc) is 3.79. The minimum Gasteiger partial charge on any atom is -0.264 e. The Labute approximate surface area is 335 Å². The molecule has 0 atom stereocenters. The van der Waals surface area contributed by atoms with Crippen LogP contribution in [0, 0.1) is 13.8 Å². The molecule has 2 aromatic heterocycles. The molecule has 2 heterocycles. The van der Waals surface area contributed by atoms with Crippen molar-refractivity contribution in [1.82, 2.24) is 9.97 Å². The topological polar surface area (TPSA) is 25.8 Å². The zero-order valence-electron chi connectivity index (χ0n) is 32.1. The highest BCUT2D eigenvalue weighted by Crippen LogP contribution is 2.59. The fourth-order valence-electron chi connectivity index (χ4n) is 10.7. The average molecular weight is 735 g/mol. The predicted octanol–water partition coefficient (Wildman–Crippen LogP) is 15.2. The molecule has 2 nitrogen and oxygen atoms in total. The lowest BCUT2D eigenvalue weighted by Crippen LogP contribution is -1.94. The Kier molecular flexibility index (Phi) is 6.33. The third-order valence-corrected chi connectivity index (χ3v) is 13.0. The van der Waals surface area contributed by atoms with Crippen LogP contribution >= 0.6 is 0 Å². The molecule has 0 radical (unpaired) electrons. The fraction of sp³-hybridized carbons (Fsp3) is 0.0357. The highest BCUT2D eigenvalue weighted by molar-refractivity contribution is 6.32. The first-order valence-electron chi connectivity index (χ1n) is 20.1. The van der Waals surface area contributed by atoms with Gasteiger partial charge in [0.05, 0.1) is 5.69 Å². The van der Waals surface area contributed by atoms with Crippen LogP contribution in [0.2, 0.25) is 0 Å². The third kappa shape index (κ3) is 4.11. The van der Waals surface area contributed by atoms with Gasteiger partial charge in [-0.2, -0.15) is 0 Å². The molecule has 58 heavy (non-hydrogen) atoms. The van der Waals surface area contributed by atoms with Crippen molar-refractivity contribution in [1.29, 1.82) is 0 Å². The van der Waals surface area contributed by atoms with Crippen molar-refractivity contribution in [3.63, 3.8) is 0 Å². The highest BCUT2D eigenvalue weighted by atomic mass is 14.7. The summed E-state index contributed by atoms with van der Waals surface area (Å²) in [6, 6.07) is 56.6. The Morgan fingerprint density at radius 1 is 0.345 bits per heavy atom. The number of hydrogen-bond donors (Lipinski definition) is 0. The molecule has 0 fully saturated rings. The van der Waals surface area contributed by atoms with E-state index in [0.717, 1.165) is 5.69 Å². The van der Waals surface area contributed by atoms with Crippen LogP contribution in [0.25, 0.3) is 132 Å². The van der Waals surface area contributed by atoms with Crippen molar-refractivity contribution in [3.8, 4) is 78.0 Å². The van der Waals surface area contributed by atoms with E-state index < -0.39 is 0 Å². The number of benzene rings is 9. The van der Waals surface area contributed by atoms with Gasteiger partial charge in [0.25, 0.3) is 0 Å². The number of rotatable bonds is 3. The summed E-state index contributed by atoms with van der Waals surface area (Å²) in [6.07, 6.45) is 5.94. The van der Waals surface area contributed by atoms with E-state index in [9.17, 15) is 0 Å². The van der Waals surface area contributed by atoms with Gasteiger partial charge in [0.1, 0.15) is 0 Å². The van der Waals surface area contributed by atoms with Gasteiger partial charge >= 0.3 is 0 Å². The highest BCUT2D eigenvalue weighted by Gasteiger charge is 2.32. The number of pyridine rings is 2. The van der Waals surface area contributed by atoms with Crippen molar-refractivity contribution in [2.75, 3.05) is 0 Å². The second kappa shape index (κ2) is 11.6. The van der Waals surface area contributed by atoms with Gasteiger partial charge in [-0.25, -0.2) is 0 Å². The smallest absolute Gasteiger partial charge is 0.0787 e. The van der Waals surface area contributed by atoms with E-state index in [-0.39, 0.29) is 0 Å². The Bertz CT molecular complexity index is 3530. The predicted molar refractivity (Wildman–Crippen MR) is 244 cm³/mol. The summed E-state index contributed by atoms with van der Waals surface area (Å²) in [5.74, 6) is 0. The summed E-state index contributed by atoms with van der Waals surface area (Å²) in [6.45, 7) is 4.44. The van der Waals surface area contributed by atoms with E-state index in [1.165, 1.54) is 137 Å². The van der Waals surface area contributed by atoms with Gasteiger partial charge in [-0.05, 0) is 153 Å². The summed E-state index contributed by atoms with van der Waals surface area (Å²) in [5, 5.41) is 12.7. The molecule has 9 aromatic carbocycles. The Morgan fingerprint density at radius 3 is 1.84 bits per heavy atom. The summed E-state index contributed by atoms with van der Waals surface area (Å²) in [5.41, 5.74) is 20.0.